The zero-order valence-corrected chi connectivity index (χ0v) is 10.5. The molecule has 1 heterocycles. The van der Waals surface area contributed by atoms with Crippen LogP contribution in [-0.2, 0) is 4.74 Å². The van der Waals surface area contributed by atoms with Gasteiger partial charge in [-0.2, -0.15) is 0 Å². The number of halogens is 1. The van der Waals surface area contributed by atoms with Crippen LogP contribution in [0, 0.1) is 0 Å². The second-order valence-corrected chi connectivity index (χ2v) is 4.04. The lowest BCUT2D eigenvalue weighted by atomic mass is 10.3. The second kappa shape index (κ2) is 5.18. The van der Waals surface area contributed by atoms with Crippen LogP contribution in [0.3, 0.4) is 0 Å². The molecule has 1 N–H and O–H groups in total. The standard InChI is InChI=1S/C12H11ClN2O3/c1-2-18-12(17)10-14-9-5-3-4-7(13)6-8(9)11(16)15-10/h4-6H,2-3H2,1H3,(H,14,15,16). The van der Waals surface area contributed by atoms with Gasteiger partial charge in [0.25, 0.3) is 5.56 Å². The van der Waals surface area contributed by atoms with Crippen molar-refractivity contribution < 1.29 is 9.53 Å². The Hall–Kier alpha value is -1.88. The number of esters is 1. The molecule has 0 fully saturated rings. The van der Waals surface area contributed by atoms with Gasteiger partial charge in [-0.05, 0) is 19.4 Å². The van der Waals surface area contributed by atoms with Crippen molar-refractivity contribution in [2.24, 2.45) is 0 Å². The van der Waals surface area contributed by atoms with Gasteiger partial charge in [0.15, 0.2) is 0 Å². The van der Waals surface area contributed by atoms with E-state index in [4.69, 9.17) is 16.3 Å². The molecule has 0 saturated heterocycles. The van der Waals surface area contributed by atoms with Crippen LogP contribution in [0.5, 0.6) is 0 Å². The van der Waals surface area contributed by atoms with Crippen molar-refractivity contribution in [2.45, 2.75) is 13.3 Å². The smallest absolute Gasteiger partial charge is 0.374 e. The first-order chi connectivity index (χ1) is 8.61. The molecule has 0 aliphatic heterocycles. The molecule has 1 aliphatic carbocycles. The lowest BCUT2D eigenvalue weighted by Crippen LogP contribution is -2.44. The minimum atomic E-state index is -0.644. The fourth-order valence-corrected chi connectivity index (χ4v) is 1.77. The SMILES string of the molecule is CCOC(=O)c1nc2c(c(=O)[nH]1)=CC(Cl)=CCC=2. The highest BCUT2D eigenvalue weighted by molar-refractivity contribution is 6.34. The number of rotatable bonds is 2. The second-order valence-electron chi connectivity index (χ2n) is 3.61. The summed E-state index contributed by atoms with van der Waals surface area (Å²) in [7, 11) is 0. The molecule has 0 unspecified atom stereocenters. The number of nitrogens with one attached hydrogen (secondary N) is 1. The van der Waals surface area contributed by atoms with E-state index in [1.165, 1.54) is 6.08 Å². The third-order valence-electron chi connectivity index (χ3n) is 2.36. The maximum absolute atomic E-state index is 11.9. The molecule has 1 aromatic rings. The van der Waals surface area contributed by atoms with E-state index in [9.17, 15) is 9.59 Å². The number of nitrogens with zero attached hydrogens (tertiary/aromatic N) is 1. The minimum absolute atomic E-state index is 0.0942. The van der Waals surface area contributed by atoms with Gasteiger partial charge in [-0.1, -0.05) is 23.8 Å². The van der Waals surface area contributed by atoms with E-state index < -0.39 is 11.5 Å². The predicted molar refractivity (Wildman–Crippen MR) is 67.5 cm³/mol. The molecule has 0 aromatic carbocycles. The van der Waals surface area contributed by atoms with Crippen LogP contribution in [0.4, 0.5) is 0 Å². The normalized spacial score (nSPS) is 13.6. The summed E-state index contributed by atoms with van der Waals surface area (Å²) in [6.45, 7) is 1.91. The van der Waals surface area contributed by atoms with Gasteiger partial charge in [0.2, 0.25) is 5.82 Å². The molecular weight excluding hydrogens is 256 g/mol. The van der Waals surface area contributed by atoms with Crippen LogP contribution in [0.25, 0.3) is 12.2 Å². The fourth-order valence-electron chi connectivity index (χ4n) is 1.57. The average Bonchev–Trinajstić information content (AvgIpc) is 2.51. The third-order valence-corrected chi connectivity index (χ3v) is 2.62. The van der Waals surface area contributed by atoms with E-state index in [1.807, 2.05) is 0 Å². The number of ether oxygens (including phenoxy) is 1. The van der Waals surface area contributed by atoms with Crippen molar-refractivity contribution in [3.63, 3.8) is 0 Å². The summed E-state index contributed by atoms with van der Waals surface area (Å²) in [5.74, 6) is -0.739. The first-order valence-corrected chi connectivity index (χ1v) is 5.84. The number of aromatic amines is 1. The molecule has 0 atom stereocenters. The van der Waals surface area contributed by atoms with E-state index in [2.05, 4.69) is 9.97 Å². The Balaban J connectivity index is 2.63. The van der Waals surface area contributed by atoms with E-state index in [1.54, 1.807) is 19.1 Å². The number of hydrogen-bond acceptors (Lipinski definition) is 4. The van der Waals surface area contributed by atoms with Crippen molar-refractivity contribution in [2.75, 3.05) is 6.61 Å². The molecule has 0 spiro atoms. The summed E-state index contributed by atoms with van der Waals surface area (Å²) in [5.41, 5.74) is -0.409. The van der Waals surface area contributed by atoms with Crippen molar-refractivity contribution in [3.8, 4) is 0 Å². The van der Waals surface area contributed by atoms with Gasteiger partial charge in [0.05, 0.1) is 17.2 Å². The van der Waals surface area contributed by atoms with Gasteiger partial charge in [-0.25, -0.2) is 9.78 Å². The number of H-pyrrole nitrogens is 1. The van der Waals surface area contributed by atoms with E-state index in [0.717, 1.165) is 0 Å². The number of carbonyl (C=O) groups excluding carboxylic acids is 1. The summed E-state index contributed by atoms with van der Waals surface area (Å²) < 4.78 is 4.79. The van der Waals surface area contributed by atoms with Gasteiger partial charge < -0.3 is 9.72 Å². The molecular formula is C12H11ClN2O3. The van der Waals surface area contributed by atoms with Crippen LogP contribution in [0.2, 0.25) is 0 Å². The molecule has 1 aromatic heterocycles. The Morgan fingerprint density at radius 1 is 1.56 bits per heavy atom. The predicted octanol–water partition coefficient (Wildman–Crippen LogP) is 0.0340. The molecule has 0 bridgehead atoms. The third kappa shape index (κ3) is 2.51. The molecule has 0 amide bonds. The van der Waals surface area contributed by atoms with Gasteiger partial charge in [-0.15, -0.1) is 0 Å². The van der Waals surface area contributed by atoms with Crippen LogP contribution >= 0.6 is 11.6 Å². The zero-order valence-electron chi connectivity index (χ0n) is 9.70. The van der Waals surface area contributed by atoms with Crippen LogP contribution in [0.1, 0.15) is 24.0 Å². The molecule has 5 nitrogen and oxygen atoms in total. The number of fused-ring (bicyclic) bond motifs is 1. The van der Waals surface area contributed by atoms with Crippen molar-refractivity contribution in [1.82, 2.24) is 9.97 Å². The largest absolute Gasteiger partial charge is 0.460 e. The summed E-state index contributed by atoms with van der Waals surface area (Å²) >= 11 is 5.89. The minimum Gasteiger partial charge on any atom is -0.460 e. The molecule has 0 radical (unpaired) electrons. The van der Waals surface area contributed by atoms with Crippen LogP contribution in [0.15, 0.2) is 15.9 Å². The number of hydrogen-bond donors (Lipinski definition) is 1. The summed E-state index contributed by atoms with van der Waals surface area (Å²) in [5, 5.41) is 1.26. The highest BCUT2D eigenvalue weighted by Crippen LogP contribution is 2.05. The molecule has 1 aliphatic rings. The Kier molecular flexibility index (Phi) is 3.62. The summed E-state index contributed by atoms with van der Waals surface area (Å²) in [6.07, 6.45) is 5.58. The fraction of sp³-hybridized carbons (Fsp3) is 0.250. The number of allylic oxidation sites excluding steroid dienone is 2. The summed E-state index contributed by atoms with van der Waals surface area (Å²) in [6, 6.07) is 0. The monoisotopic (exact) mass is 266 g/mol. The number of carbonyl (C=O) groups is 1. The van der Waals surface area contributed by atoms with E-state index in [0.29, 0.717) is 22.0 Å². The molecule has 0 saturated carbocycles. The quantitative estimate of drug-likeness (QED) is 0.767. The van der Waals surface area contributed by atoms with Crippen LogP contribution < -0.4 is 16.1 Å². The van der Waals surface area contributed by atoms with Gasteiger partial charge in [0, 0.05) is 5.03 Å². The average molecular weight is 267 g/mol. The molecule has 2 rings (SSSR count). The van der Waals surface area contributed by atoms with Gasteiger partial charge in [-0.3, -0.25) is 4.79 Å². The summed E-state index contributed by atoms with van der Waals surface area (Å²) in [4.78, 5) is 29.8. The first kappa shape index (κ1) is 12.6. The lowest BCUT2D eigenvalue weighted by Gasteiger charge is -2.00. The lowest BCUT2D eigenvalue weighted by molar-refractivity contribution is 0.0511. The Labute approximate surface area is 107 Å². The molecule has 94 valence electrons. The van der Waals surface area contributed by atoms with Crippen molar-refractivity contribution >= 4 is 29.7 Å². The number of aromatic nitrogens is 2. The van der Waals surface area contributed by atoms with Gasteiger partial charge in [0.1, 0.15) is 0 Å². The highest BCUT2D eigenvalue weighted by Gasteiger charge is 2.11. The Morgan fingerprint density at radius 3 is 3.06 bits per heavy atom. The maximum atomic E-state index is 11.9. The first-order valence-electron chi connectivity index (χ1n) is 5.47. The topological polar surface area (TPSA) is 72.0 Å². The van der Waals surface area contributed by atoms with Crippen molar-refractivity contribution in [1.29, 1.82) is 0 Å². The van der Waals surface area contributed by atoms with Crippen molar-refractivity contribution in [3.05, 3.63) is 37.9 Å². The molecule has 6 heteroatoms. The Morgan fingerprint density at radius 2 is 2.33 bits per heavy atom. The van der Waals surface area contributed by atoms with E-state index >= 15 is 0 Å². The van der Waals surface area contributed by atoms with E-state index in [-0.39, 0.29) is 12.4 Å². The maximum Gasteiger partial charge on any atom is 0.374 e. The van der Waals surface area contributed by atoms with Crippen LogP contribution in [-0.4, -0.2) is 22.5 Å². The molecule has 18 heavy (non-hydrogen) atoms. The van der Waals surface area contributed by atoms with Gasteiger partial charge >= 0.3 is 5.97 Å². The highest BCUT2D eigenvalue weighted by atomic mass is 35.5. The zero-order chi connectivity index (χ0) is 13.1. The Bertz CT molecular complexity index is 688.